The third kappa shape index (κ3) is 1.60. The molecule has 0 N–H and O–H groups in total. The average molecular weight is 141 g/mol. The summed E-state index contributed by atoms with van der Waals surface area (Å²) in [5, 5.41) is 2.41. The molecule has 0 aliphatic heterocycles. The summed E-state index contributed by atoms with van der Waals surface area (Å²) in [7, 11) is 0. The van der Waals surface area contributed by atoms with Crippen molar-refractivity contribution >= 4 is 17.4 Å². The van der Waals surface area contributed by atoms with Crippen LogP contribution in [0.2, 0.25) is 0 Å². The highest BCUT2D eigenvalue weighted by molar-refractivity contribution is 7.78. The van der Waals surface area contributed by atoms with Gasteiger partial charge in [-0.3, -0.25) is 0 Å². The van der Waals surface area contributed by atoms with E-state index in [4.69, 9.17) is 0 Å². The van der Waals surface area contributed by atoms with E-state index < -0.39 is 0 Å². The third-order valence-corrected chi connectivity index (χ3v) is 2.32. The predicted octanol–water partition coefficient (Wildman–Crippen LogP) is 2.28. The zero-order chi connectivity index (χ0) is 6.74. The molecule has 0 bridgehead atoms. The summed E-state index contributed by atoms with van der Waals surface area (Å²) >= 11 is 4.48. The number of hydrogen-bond acceptors (Lipinski definition) is 2. The Kier molecular flexibility index (Phi) is 1.99. The van der Waals surface area contributed by atoms with E-state index in [0.29, 0.717) is 5.41 Å². The number of thiocarbonyl (C=S) groups is 1. The van der Waals surface area contributed by atoms with E-state index in [1.165, 1.54) is 19.3 Å². The standard InChI is InChI=1S/C7H11NS/c1-2-7(3-4-7)5-8-6-9/h2-5H2,1H3. The van der Waals surface area contributed by atoms with Crippen molar-refractivity contribution in [3.05, 3.63) is 0 Å². The number of aliphatic imine (C=N–C) groups is 1. The lowest BCUT2D eigenvalue weighted by atomic mass is 10.1. The normalized spacial score (nSPS) is 20.6. The second kappa shape index (κ2) is 2.59. The van der Waals surface area contributed by atoms with Gasteiger partial charge in [0, 0.05) is 0 Å². The van der Waals surface area contributed by atoms with Crippen molar-refractivity contribution < 1.29 is 0 Å². The summed E-state index contributed by atoms with van der Waals surface area (Å²) < 4.78 is 0. The molecule has 1 aliphatic rings. The summed E-state index contributed by atoms with van der Waals surface area (Å²) in [5.74, 6) is 0. The Morgan fingerprint density at radius 3 is 2.67 bits per heavy atom. The van der Waals surface area contributed by atoms with Gasteiger partial charge in [-0.1, -0.05) is 6.92 Å². The lowest BCUT2D eigenvalue weighted by Gasteiger charge is -2.04. The number of rotatable bonds is 3. The smallest absolute Gasteiger partial charge is 0.0585 e. The summed E-state index contributed by atoms with van der Waals surface area (Å²) in [4.78, 5) is 3.94. The fourth-order valence-corrected chi connectivity index (χ4v) is 1.06. The van der Waals surface area contributed by atoms with Crippen LogP contribution in [0.4, 0.5) is 0 Å². The van der Waals surface area contributed by atoms with Gasteiger partial charge in [0.05, 0.1) is 11.7 Å². The molecule has 0 spiro atoms. The van der Waals surface area contributed by atoms with Crippen LogP contribution in [-0.2, 0) is 0 Å². The van der Waals surface area contributed by atoms with E-state index >= 15 is 0 Å². The van der Waals surface area contributed by atoms with Crippen LogP contribution in [0.15, 0.2) is 4.99 Å². The maximum atomic E-state index is 4.48. The van der Waals surface area contributed by atoms with Crippen LogP contribution in [0, 0.1) is 5.41 Å². The maximum Gasteiger partial charge on any atom is 0.0585 e. The minimum Gasteiger partial charge on any atom is -0.232 e. The second-order valence-electron chi connectivity index (χ2n) is 2.76. The molecule has 0 atom stereocenters. The first-order valence-corrected chi connectivity index (χ1v) is 3.77. The minimum atomic E-state index is 0.547. The minimum absolute atomic E-state index is 0.547. The van der Waals surface area contributed by atoms with Gasteiger partial charge in [0.2, 0.25) is 0 Å². The van der Waals surface area contributed by atoms with Crippen molar-refractivity contribution in [3.63, 3.8) is 0 Å². The first kappa shape index (κ1) is 6.91. The Hall–Kier alpha value is -0.200. The molecule has 0 heterocycles. The molecule has 0 amide bonds. The van der Waals surface area contributed by atoms with Gasteiger partial charge in [-0.15, -0.1) is 0 Å². The molecule has 50 valence electrons. The second-order valence-corrected chi connectivity index (χ2v) is 2.94. The Balaban J connectivity index is 2.33. The fraction of sp³-hybridized carbons (Fsp3) is 0.857. The molecule has 1 aliphatic carbocycles. The molecule has 9 heavy (non-hydrogen) atoms. The molecule has 0 aromatic carbocycles. The summed E-state index contributed by atoms with van der Waals surface area (Å²) in [6.45, 7) is 3.12. The van der Waals surface area contributed by atoms with Crippen molar-refractivity contribution in [2.75, 3.05) is 6.54 Å². The van der Waals surface area contributed by atoms with E-state index in [9.17, 15) is 0 Å². The highest BCUT2D eigenvalue weighted by Crippen LogP contribution is 2.48. The SMILES string of the molecule is CCC1(CN=C=S)CC1. The molecule has 2 heteroatoms. The van der Waals surface area contributed by atoms with Gasteiger partial charge in [0.15, 0.2) is 0 Å². The first-order valence-electron chi connectivity index (χ1n) is 3.37. The average Bonchev–Trinajstić information content (AvgIpc) is 2.65. The molecule has 1 rings (SSSR count). The molecule has 0 unspecified atom stereocenters. The van der Waals surface area contributed by atoms with E-state index in [1.54, 1.807) is 0 Å². The predicted molar refractivity (Wildman–Crippen MR) is 41.9 cm³/mol. The topological polar surface area (TPSA) is 12.4 Å². The number of isothiocyanates is 1. The van der Waals surface area contributed by atoms with Crippen LogP contribution in [0.5, 0.6) is 0 Å². The zero-order valence-electron chi connectivity index (χ0n) is 5.68. The van der Waals surface area contributed by atoms with Crippen molar-refractivity contribution in [3.8, 4) is 0 Å². The largest absolute Gasteiger partial charge is 0.232 e. The fourth-order valence-electron chi connectivity index (χ4n) is 1.00. The monoisotopic (exact) mass is 141 g/mol. The van der Waals surface area contributed by atoms with Crippen molar-refractivity contribution in [2.45, 2.75) is 26.2 Å². The van der Waals surface area contributed by atoms with Gasteiger partial charge < -0.3 is 0 Å². The number of nitrogens with zero attached hydrogens (tertiary/aromatic N) is 1. The lowest BCUT2D eigenvalue weighted by Crippen LogP contribution is -2.01. The van der Waals surface area contributed by atoms with Gasteiger partial charge in [0.1, 0.15) is 0 Å². The third-order valence-electron chi connectivity index (χ3n) is 2.19. The summed E-state index contributed by atoms with van der Waals surface area (Å²) in [6.07, 6.45) is 3.92. The molecular formula is C7H11NS. The van der Waals surface area contributed by atoms with Gasteiger partial charge in [-0.25, -0.2) is 4.99 Å². The summed E-state index contributed by atoms with van der Waals surface area (Å²) in [5.41, 5.74) is 0.547. The Morgan fingerprint density at radius 1 is 1.67 bits per heavy atom. The summed E-state index contributed by atoms with van der Waals surface area (Å²) in [6, 6.07) is 0. The van der Waals surface area contributed by atoms with Crippen LogP contribution < -0.4 is 0 Å². The Bertz CT molecular complexity index is 143. The van der Waals surface area contributed by atoms with Gasteiger partial charge in [-0.05, 0) is 36.9 Å². The number of hydrogen-bond donors (Lipinski definition) is 0. The Labute approximate surface area is 61.2 Å². The molecule has 0 radical (unpaired) electrons. The van der Waals surface area contributed by atoms with Crippen LogP contribution in [0.1, 0.15) is 26.2 Å². The van der Waals surface area contributed by atoms with E-state index in [0.717, 1.165) is 6.54 Å². The van der Waals surface area contributed by atoms with Crippen molar-refractivity contribution in [2.24, 2.45) is 10.4 Å². The molecule has 1 fully saturated rings. The van der Waals surface area contributed by atoms with Gasteiger partial charge >= 0.3 is 0 Å². The highest BCUT2D eigenvalue weighted by atomic mass is 32.1. The quantitative estimate of drug-likeness (QED) is 0.434. The van der Waals surface area contributed by atoms with Gasteiger partial charge in [0.25, 0.3) is 0 Å². The first-order chi connectivity index (χ1) is 4.33. The van der Waals surface area contributed by atoms with Gasteiger partial charge in [-0.2, -0.15) is 0 Å². The highest BCUT2D eigenvalue weighted by Gasteiger charge is 2.40. The zero-order valence-corrected chi connectivity index (χ0v) is 6.50. The van der Waals surface area contributed by atoms with Crippen LogP contribution in [0.25, 0.3) is 0 Å². The molecule has 0 saturated heterocycles. The van der Waals surface area contributed by atoms with Crippen LogP contribution in [0.3, 0.4) is 0 Å². The molecular weight excluding hydrogens is 130 g/mol. The Morgan fingerprint density at radius 2 is 2.33 bits per heavy atom. The maximum absolute atomic E-state index is 4.48. The van der Waals surface area contributed by atoms with E-state index in [2.05, 4.69) is 29.3 Å². The van der Waals surface area contributed by atoms with Crippen molar-refractivity contribution in [1.29, 1.82) is 0 Å². The molecule has 1 nitrogen and oxygen atoms in total. The van der Waals surface area contributed by atoms with Crippen LogP contribution >= 0.6 is 12.2 Å². The molecule has 0 aromatic rings. The van der Waals surface area contributed by atoms with Crippen molar-refractivity contribution in [1.82, 2.24) is 0 Å². The van der Waals surface area contributed by atoms with E-state index in [-0.39, 0.29) is 0 Å². The lowest BCUT2D eigenvalue weighted by molar-refractivity contribution is 0.508. The molecule has 1 saturated carbocycles. The molecule has 0 aromatic heterocycles. The van der Waals surface area contributed by atoms with E-state index in [1.807, 2.05) is 0 Å². The van der Waals surface area contributed by atoms with Crippen LogP contribution in [-0.4, -0.2) is 11.7 Å².